The van der Waals surface area contributed by atoms with Crippen LogP contribution in [0.3, 0.4) is 0 Å². The van der Waals surface area contributed by atoms with Crippen LogP contribution in [-0.4, -0.2) is 42.0 Å². The maximum Gasteiger partial charge on any atom is 0.185 e. The lowest BCUT2D eigenvalue weighted by atomic mass is 10.1. The summed E-state index contributed by atoms with van der Waals surface area (Å²) in [4.78, 5) is 25.5. The number of H-pyrrole nitrogens is 1. The monoisotopic (exact) mass is 494 g/mol. The van der Waals surface area contributed by atoms with E-state index in [4.69, 9.17) is 14.8 Å². The van der Waals surface area contributed by atoms with Crippen molar-refractivity contribution in [2.45, 2.75) is 13.3 Å². The van der Waals surface area contributed by atoms with Gasteiger partial charge in [0.2, 0.25) is 0 Å². The van der Waals surface area contributed by atoms with Gasteiger partial charge in [-0.2, -0.15) is 5.10 Å². The molecular weight excluding hydrogens is 471 g/mol. The number of halogens is 1. The number of ketones is 1. The lowest BCUT2D eigenvalue weighted by Crippen LogP contribution is -2.04. The molecule has 0 aliphatic heterocycles. The van der Waals surface area contributed by atoms with Crippen molar-refractivity contribution in [1.82, 2.24) is 29.1 Å². The van der Waals surface area contributed by atoms with Gasteiger partial charge in [-0.15, -0.1) is 0 Å². The second-order valence-corrected chi connectivity index (χ2v) is 8.88. The van der Waals surface area contributed by atoms with Crippen molar-refractivity contribution in [3.8, 4) is 28.4 Å². The van der Waals surface area contributed by atoms with Crippen LogP contribution in [-0.2, 0) is 13.5 Å². The Hall–Kier alpha value is -4.79. The van der Waals surface area contributed by atoms with Gasteiger partial charge in [0.1, 0.15) is 23.1 Å². The smallest absolute Gasteiger partial charge is 0.185 e. The highest BCUT2D eigenvalue weighted by Gasteiger charge is 2.19. The Kier molecular flexibility index (Phi) is 5.33. The number of imidazole rings is 2. The van der Waals surface area contributed by atoms with Crippen LogP contribution in [0.15, 0.2) is 66.9 Å². The maximum atomic E-state index is 13.5. The highest BCUT2D eigenvalue weighted by atomic mass is 19.1. The van der Waals surface area contributed by atoms with Crippen LogP contribution < -0.4 is 4.74 Å². The number of aryl methyl sites for hydroxylation is 1. The summed E-state index contributed by atoms with van der Waals surface area (Å²) in [6, 6.07) is 17.4. The second kappa shape index (κ2) is 8.70. The molecule has 37 heavy (non-hydrogen) atoms. The Morgan fingerprint density at radius 1 is 1.08 bits per heavy atom. The summed E-state index contributed by atoms with van der Waals surface area (Å²) in [5.41, 5.74) is 5.60. The van der Waals surface area contributed by atoms with E-state index >= 15 is 0 Å². The predicted octanol–water partition coefficient (Wildman–Crippen LogP) is 5.16. The molecule has 9 heteroatoms. The maximum absolute atomic E-state index is 13.5. The zero-order valence-corrected chi connectivity index (χ0v) is 20.5. The van der Waals surface area contributed by atoms with Crippen LogP contribution in [0.4, 0.5) is 4.39 Å². The van der Waals surface area contributed by atoms with Gasteiger partial charge >= 0.3 is 0 Å². The molecule has 0 fully saturated rings. The Morgan fingerprint density at radius 3 is 2.68 bits per heavy atom. The van der Waals surface area contributed by atoms with Gasteiger partial charge < -0.3 is 14.3 Å². The van der Waals surface area contributed by atoms with Crippen molar-refractivity contribution in [2.75, 3.05) is 7.11 Å². The molecule has 8 nitrogen and oxygen atoms in total. The van der Waals surface area contributed by atoms with Gasteiger partial charge in [-0.3, -0.25) is 4.79 Å². The Labute approximate surface area is 211 Å². The SMILES string of the molecule is COc1cccc2[nH]c(C(=O)Cc3cn4nc(-c5c(-c6ccc(F)cc6)nc(C)n5C)ccc4n3)cc12. The molecule has 4 heterocycles. The number of nitrogens with one attached hydrogen (secondary N) is 1. The summed E-state index contributed by atoms with van der Waals surface area (Å²) in [6.07, 6.45) is 1.89. The molecule has 0 aliphatic carbocycles. The number of hydrogen-bond acceptors (Lipinski definition) is 5. The largest absolute Gasteiger partial charge is 0.496 e. The summed E-state index contributed by atoms with van der Waals surface area (Å²) >= 11 is 0. The number of benzene rings is 2. The zero-order chi connectivity index (χ0) is 25.7. The third-order valence-corrected chi connectivity index (χ3v) is 6.54. The van der Waals surface area contributed by atoms with Crippen molar-refractivity contribution in [2.24, 2.45) is 7.05 Å². The van der Waals surface area contributed by atoms with Gasteiger partial charge in [0.05, 0.1) is 42.5 Å². The van der Waals surface area contributed by atoms with Crippen LogP contribution >= 0.6 is 0 Å². The number of ether oxygens (including phenoxy) is 1. The van der Waals surface area contributed by atoms with E-state index in [1.54, 1.807) is 30.0 Å². The van der Waals surface area contributed by atoms with Gasteiger partial charge in [-0.05, 0) is 61.5 Å². The molecule has 0 bridgehead atoms. The number of hydrogen-bond donors (Lipinski definition) is 1. The molecular formula is C28H23FN6O2. The molecule has 1 N–H and O–H groups in total. The Morgan fingerprint density at radius 2 is 1.89 bits per heavy atom. The summed E-state index contributed by atoms with van der Waals surface area (Å²) in [5.74, 6) is 1.14. The van der Waals surface area contributed by atoms with Crippen molar-refractivity contribution in [3.05, 3.63) is 89.9 Å². The van der Waals surface area contributed by atoms with E-state index in [0.29, 0.717) is 28.5 Å². The molecule has 0 atom stereocenters. The fourth-order valence-electron chi connectivity index (χ4n) is 4.57. The average Bonchev–Trinajstić information content (AvgIpc) is 3.59. The molecule has 0 saturated carbocycles. The van der Waals surface area contributed by atoms with Crippen LogP contribution in [0.5, 0.6) is 5.75 Å². The normalized spacial score (nSPS) is 11.5. The molecule has 0 spiro atoms. The van der Waals surface area contributed by atoms with E-state index in [-0.39, 0.29) is 18.0 Å². The Bertz CT molecular complexity index is 1800. The first-order chi connectivity index (χ1) is 17.9. The second-order valence-electron chi connectivity index (χ2n) is 8.88. The molecule has 4 aromatic heterocycles. The molecule has 6 aromatic rings. The number of fused-ring (bicyclic) bond motifs is 2. The molecule has 2 aromatic carbocycles. The molecule has 0 amide bonds. The van der Waals surface area contributed by atoms with Crippen molar-refractivity contribution >= 4 is 22.3 Å². The molecule has 6 rings (SSSR count). The predicted molar refractivity (Wildman–Crippen MR) is 138 cm³/mol. The molecule has 0 radical (unpaired) electrons. The number of carbonyl (C=O) groups excluding carboxylic acids is 1. The van der Waals surface area contributed by atoms with E-state index in [9.17, 15) is 9.18 Å². The van der Waals surface area contributed by atoms with Gasteiger partial charge in [0.25, 0.3) is 0 Å². The zero-order valence-electron chi connectivity index (χ0n) is 20.5. The van der Waals surface area contributed by atoms with E-state index in [0.717, 1.165) is 33.7 Å². The number of methoxy groups -OCH3 is 1. The summed E-state index contributed by atoms with van der Waals surface area (Å²) in [7, 11) is 3.53. The van der Waals surface area contributed by atoms with Gasteiger partial charge in [0.15, 0.2) is 11.4 Å². The number of aromatic nitrogens is 6. The summed E-state index contributed by atoms with van der Waals surface area (Å²) < 4.78 is 22.5. The summed E-state index contributed by atoms with van der Waals surface area (Å²) in [5, 5.41) is 5.62. The number of nitrogens with zero attached hydrogens (tertiary/aromatic N) is 5. The standard InChI is InChI=1S/C28H23FN6O2/c1-16-30-27(17-7-9-18(29)10-8-17)28(34(16)2)22-11-12-26-31-19(15-35(26)33-22)13-24(36)23-14-20-21(32-23)5-4-6-25(20)37-3/h4-12,14-15,32H,13H2,1-3H3. The molecule has 0 aliphatic rings. The van der Waals surface area contributed by atoms with E-state index < -0.39 is 0 Å². The van der Waals surface area contributed by atoms with Crippen LogP contribution in [0.2, 0.25) is 0 Å². The highest BCUT2D eigenvalue weighted by molar-refractivity contribution is 6.01. The molecule has 0 unspecified atom stereocenters. The fraction of sp³-hybridized carbons (Fsp3) is 0.143. The number of carbonyl (C=O) groups is 1. The number of Topliss-reactive ketones (excluding diaryl/α,β-unsaturated/α-hetero) is 1. The third kappa shape index (κ3) is 3.94. The first-order valence-electron chi connectivity index (χ1n) is 11.7. The van der Waals surface area contributed by atoms with Crippen molar-refractivity contribution < 1.29 is 13.9 Å². The van der Waals surface area contributed by atoms with E-state index in [1.165, 1.54) is 12.1 Å². The van der Waals surface area contributed by atoms with Gasteiger partial charge in [-0.25, -0.2) is 18.9 Å². The minimum atomic E-state index is -0.301. The van der Waals surface area contributed by atoms with E-state index in [2.05, 4.69) is 9.97 Å². The minimum absolute atomic E-state index is 0.0808. The number of rotatable bonds is 6. The number of aromatic amines is 1. The quantitative estimate of drug-likeness (QED) is 0.323. The molecule has 0 saturated heterocycles. The highest BCUT2D eigenvalue weighted by Crippen LogP contribution is 2.31. The Balaban J connectivity index is 1.33. The lowest BCUT2D eigenvalue weighted by molar-refractivity contribution is 0.0988. The first kappa shape index (κ1) is 22.7. The van der Waals surface area contributed by atoms with E-state index in [1.807, 2.05) is 54.9 Å². The van der Waals surface area contributed by atoms with Crippen molar-refractivity contribution in [3.63, 3.8) is 0 Å². The summed E-state index contributed by atoms with van der Waals surface area (Å²) in [6.45, 7) is 1.91. The topological polar surface area (TPSA) is 90.1 Å². The van der Waals surface area contributed by atoms with Gasteiger partial charge in [-0.1, -0.05) is 6.07 Å². The van der Waals surface area contributed by atoms with Crippen LogP contribution in [0, 0.1) is 12.7 Å². The lowest BCUT2D eigenvalue weighted by Gasteiger charge is -2.07. The minimum Gasteiger partial charge on any atom is -0.496 e. The molecule has 184 valence electrons. The van der Waals surface area contributed by atoms with Gasteiger partial charge in [0, 0.05) is 23.5 Å². The third-order valence-electron chi connectivity index (χ3n) is 6.54. The van der Waals surface area contributed by atoms with Crippen molar-refractivity contribution in [1.29, 1.82) is 0 Å². The fourth-order valence-corrected chi connectivity index (χ4v) is 4.57. The first-order valence-corrected chi connectivity index (χ1v) is 11.7. The van der Waals surface area contributed by atoms with Crippen LogP contribution in [0.1, 0.15) is 22.0 Å². The van der Waals surface area contributed by atoms with Crippen LogP contribution in [0.25, 0.3) is 39.2 Å². The average molecular weight is 495 g/mol.